The van der Waals surface area contributed by atoms with E-state index in [0.717, 1.165) is 18.4 Å². The van der Waals surface area contributed by atoms with Crippen molar-refractivity contribution in [3.63, 3.8) is 0 Å². The summed E-state index contributed by atoms with van der Waals surface area (Å²) < 4.78 is 1.66. The SMILES string of the molecule is C[C@H](c1cccnc1)N(C(=O)c1cnn(C)c1)C1CC1. The van der Waals surface area contributed by atoms with Gasteiger partial charge >= 0.3 is 0 Å². The minimum Gasteiger partial charge on any atom is -0.329 e. The topological polar surface area (TPSA) is 51.0 Å². The second-order valence-corrected chi connectivity index (χ2v) is 5.31. The van der Waals surface area contributed by atoms with Crippen LogP contribution in [-0.4, -0.2) is 31.6 Å². The molecule has 1 aliphatic carbocycles. The predicted octanol–water partition coefficient (Wildman–Crippen LogP) is 2.18. The molecule has 0 spiro atoms. The molecular weight excluding hydrogens is 252 g/mol. The Morgan fingerprint density at radius 1 is 1.45 bits per heavy atom. The molecule has 3 rings (SSSR count). The van der Waals surface area contributed by atoms with Gasteiger partial charge in [-0.05, 0) is 31.4 Å². The number of hydrogen-bond acceptors (Lipinski definition) is 3. The van der Waals surface area contributed by atoms with Crippen LogP contribution >= 0.6 is 0 Å². The van der Waals surface area contributed by atoms with Gasteiger partial charge in [0.1, 0.15) is 0 Å². The van der Waals surface area contributed by atoms with E-state index < -0.39 is 0 Å². The van der Waals surface area contributed by atoms with E-state index in [1.165, 1.54) is 0 Å². The number of hydrogen-bond donors (Lipinski definition) is 0. The first-order valence-corrected chi connectivity index (χ1v) is 6.88. The van der Waals surface area contributed by atoms with Gasteiger partial charge in [0.25, 0.3) is 5.91 Å². The minimum absolute atomic E-state index is 0.0314. The maximum absolute atomic E-state index is 12.7. The van der Waals surface area contributed by atoms with Gasteiger partial charge in [0, 0.05) is 31.7 Å². The molecule has 0 aliphatic heterocycles. The first kappa shape index (κ1) is 12.8. The summed E-state index contributed by atoms with van der Waals surface area (Å²) >= 11 is 0. The molecule has 0 bridgehead atoms. The van der Waals surface area contributed by atoms with Crippen LogP contribution in [0.15, 0.2) is 36.9 Å². The first-order valence-electron chi connectivity index (χ1n) is 6.88. The first-order chi connectivity index (χ1) is 9.66. The van der Waals surface area contributed by atoms with Crippen molar-refractivity contribution in [2.45, 2.75) is 31.8 Å². The highest BCUT2D eigenvalue weighted by Crippen LogP contribution is 2.35. The molecule has 5 nitrogen and oxygen atoms in total. The Balaban J connectivity index is 1.88. The maximum Gasteiger partial charge on any atom is 0.257 e. The summed E-state index contributed by atoms with van der Waals surface area (Å²) in [4.78, 5) is 18.8. The summed E-state index contributed by atoms with van der Waals surface area (Å²) in [6.45, 7) is 2.06. The fourth-order valence-corrected chi connectivity index (χ4v) is 2.48. The van der Waals surface area contributed by atoms with Crippen molar-refractivity contribution in [1.29, 1.82) is 0 Å². The summed E-state index contributed by atoms with van der Waals surface area (Å²) in [6, 6.07) is 4.30. The van der Waals surface area contributed by atoms with Gasteiger partial charge in [0.05, 0.1) is 17.8 Å². The molecule has 2 aromatic rings. The van der Waals surface area contributed by atoms with Gasteiger partial charge in [-0.25, -0.2) is 0 Å². The zero-order valence-electron chi connectivity index (χ0n) is 11.7. The molecule has 0 aromatic carbocycles. The van der Waals surface area contributed by atoms with E-state index in [-0.39, 0.29) is 11.9 Å². The summed E-state index contributed by atoms with van der Waals surface area (Å²) in [6.07, 6.45) is 9.14. The molecule has 5 heteroatoms. The zero-order valence-corrected chi connectivity index (χ0v) is 11.7. The Labute approximate surface area is 118 Å². The van der Waals surface area contributed by atoms with Crippen molar-refractivity contribution < 1.29 is 4.79 Å². The van der Waals surface area contributed by atoms with E-state index in [1.807, 2.05) is 30.3 Å². The molecule has 20 heavy (non-hydrogen) atoms. The van der Waals surface area contributed by atoms with Crippen LogP contribution in [0.25, 0.3) is 0 Å². The van der Waals surface area contributed by atoms with Gasteiger partial charge in [-0.2, -0.15) is 5.10 Å². The molecule has 2 aromatic heterocycles. The van der Waals surface area contributed by atoms with E-state index in [0.29, 0.717) is 11.6 Å². The van der Waals surface area contributed by atoms with Crippen molar-refractivity contribution >= 4 is 5.91 Å². The molecule has 1 fully saturated rings. The van der Waals surface area contributed by atoms with E-state index in [9.17, 15) is 4.79 Å². The molecule has 1 aliphatic rings. The number of aryl methyl sites for hydroxylation is 1. The fraction of sp³-hybridized carbons (Fsp3) is 0.400. The lowest BCUT2D eigenvalue weighted by Gasteiger charge is -2.29. The Morgan fingerprint density at radius 2 is 2.25 bits per heavy atom. The van der Waals surface area contributed by atoms with Crippen molar-refractivity contribution in [3.8, 4) is 0 Å². The maximum atomic E-state index is 12.7. The second-order valence-electron chi connectivity index (χ2n) is 5.31. The minimum atomic E-state index is 0.0314. The van der Waals surface area contributed by atoms with Gasteiger partial charge in [0.15, 0.2) is 0 Å². The normalized spacial score (nSPS) is 15.9. The highest BCUT2D eigenvalue weighted by Gasteiger charge is 2.37. The average molecular weight is 270 g/mol. The van der Waals surface area contributed by atoms with Gasteiger partial charge in [0.2, 0.25) is 0 Å². The van der Waals surface area contributed by atoms with E-state index >= 15 is 0 Å². The summed E-state index contributed by atoms with van der Waals surface area (Å²) in [5.74, 6) is 0.0527. The van der Waals surface area contributed by atoms with Crippen LogP contribution in [0.5, 0.6) is 0 Å². The number of nitrogens with zero attached hydrogens (tertiary/aromatic N) is 4. The number of carbonyl (C=O) groups excluding carboxylic acids is 1. The van der Waals surface area contributed by atoms with Gasteiger partial charge < -0.3 is 4.90 Å². The molecule has 2 heterocycles. The van der Waals surface area contributed by atoms with E-state index in [2.05, 4.69) is 17.0 Å². The molecular formula is C15H18N4O. The second kappa shape index (κ2) is 5.07. The molecule has 1 atom stereocenters. The lowest BCUT2D eigenvalue weighted by molar-refractivity contribution is 0.0673. The Kier molecular flexibility index (Phi) is 3.26. The third-order valence-electron chi connectivity index (χ3n) is 3.71. The highest BCUT2D eigenvalue weighted by molar-refractivity contribution is 5.94. The Morgan fingerprint density at radius 3 is 2.80 bits per heavy atom. The molecule has 0 unspecified atom stereocenters. The molecule has 1 saturated carbocycles. The molecule has 0 N–H and O–H groups in total. The van der Waals surface area contributed by atoms with Crippen LogP contribution in [0.1, 0.15) is 41.7 Å². The third-order valence-corrected chi connectivity index (χ3v) is 3.71. The number of carbonyl (C=O) groups is 1. The van der Waals surface area contributed by atoms with Crippen LogP contribution in [0.2, 0.25) is 0 Å². The average Bonchev–Trinajstić information content (AvgIpc) is 3.20. The van der Waals surface area contributed by atoms with Crippen LogP contribution in [-0.2, 0) is 7.05 Å². The number of aromatic nitrogens is 3. The lowest BCUT2D eigenvalue weighted by atomic mass is 10.1. The van der Waals surface area contributed by atoms with Crippen LogP contribution < -0.4 is 0 Å². The molecule has 0 radical (unpaired) electrons. The standard InChI is InChI=1S/C15H18N4O/c1-11(12-4-3-7-16-8-12)19(14-5-6-14)15(20)13-9-17-18(2)10-13/h3-4,7-11,14H,5-6H2,1-2H3/t11-/m1/s1. The van der Waals surface area contributed by atoms with Crippen LogP contribution in [0.3, 0.4) is 0 Å². The van der Waals surface area contributed by atoms with Crippen molar-refractivity contribution in [3.05, 3.63) is 48.0 Å². The van der Waals surface area contributed by atoms with Crippen LogP contribution in [0.4, 0.5) is 0 Å². The van der Waals surface area contributed by atoms with Crippen LogP contribution in [0, 0.1) is 0 Å². The summed E-state index contributed by atoms with van der Waals surface area (Å²) in [5.41, 5.74) is 1.71. The Bertz CT molecular complexity index is 603. The number of amides is 1. The summed E-state index contributed by atoms with van der Waals surface area (Å²) in [7, 11) is 1.82. The quantitative estimate of drug-likeness (QED) is 0.855. The van der Waals surface area contributed by atoms with Gasteiger partial charge in [-0.1, -0.05) is 6.07 Å². The number of rotatable bonds is 4. The smallest absolute Gasteiger partial charge is 0.257 e. The number of pyridine rings is 1. The molecule has 1 amide bonds. The predicted molar refractivity (Wildman–Crippen MR) is 75.1 cm³/mol. The molecule has 104 valence electrons. The van der Waals surface area contributed by atoms with E-state index in [4.69, 9.17) is 0 Å². The highest BCUT2D eigenvalue weighted by atomic mass is 16.2. The lowest BCUT2D eigenvalue weighted by Crippen LogP contribution is -2.35. The third kappa shape index (κ3) is 2.43. The van der Waals surface area contributed by atoms with Crippen molar-refractivity contribution in [2.75, 3.05) is 0 Å². The van der Waals surface area contributed by atoms with Gasteiger partial charge in [-0.3, -0.25) is 14.5 Å². The summed E-state index contributed by atoms with van der Waals surface area (Å²) in [5, 5.41) is 4.09. The monoisotopic (exact) mass is 270 g/mol. The Hall–Kier alpha value is -2.17. The van der Waals surface area contributed by atoms with Crippen molar-refractivity contribution in [1.82, 2.24) is 19.7 Å². The fourth-order valence-electron chi connectivity index (χ4n) is 2.48. The van der Waals surface area contributed by atoms with Gasteiger partial charge in [-0.15, -0.1) is 0 Å². The van der Waals surface area contributed by atoms with Crippen molar-refractivity contribution in [2.24, 2.45) is 7.05 Å². The molecule has 0 saturated heterocycles. The van der Waals surface area contributed by atoms with E-state index in [1.54, 1.807) is 23.3 Å². The largest absolute Gasteiger partial charge is 0.329 e. The zero-order chi connectivity index (χ0) is 14.1.